The number of hydrogen-bond donors (Lipinski definition) is 1. The van der Waals surface area contributed by atoms with E-state index in [2.05, 4.69) is 51.8 Å². The van der Waals surface area contributed by atoms with Gasteiger partial charge in [-0.15, -0.1) is 10.2 Å². The van der Waals surface area contributed by atoms with Gasteiger partial charge in [0, 0.05) is 24.2 Å². The predicted molar refractivity (Wildman–Crippen MR) is 120 cm³/mol. The lowest BCUT2D eigenvalue weighted by Gasteiger charge is -2.08. The SMILES string of the molecule is CCCCn1nc(Cc2ccc(-c3ccccc3-c3nn[nH]n3)cc2)c(C(C)=O)c1C. The van der Waals surface area contributed by atoms with Crippen LogP contribution in [-0.2, 0) is 13.0 Å². The van der Waals surface area contributed by atoms with Gasteiger partial charge in [0.2, 0.25) is 5.82 Å². The van der Waals surface area contributed by atoms with Crippen molar-refractivity contribution in [2.45, 2.75) is 46.6 Å². The summed E-state index contributed by atoms with van der Waals surface area (Å²) in [6.07, 6.45) is 2.77. The van der Waals surface area contributed by atoms with Gasteiger partial charge in [0.25, 0.3) is 0 Å². The molecule has 4 aromatic rings. The Hall–Kier alpha value is -3.61. The lowest BCUT2D eigenvalue weighted by Crippen LogP contribution is -2.03. The number of unbranched alkanes of at least 4 members (excludes halogenated alkanes) is 1. The van der Waals surface area contributed by atoms with Crippen molar-refractivity contribution in [3.63, 3.8) is 0 Å². The lowest BCUT2D eigenvalue weighted by atomic mass is 9.96. The van der Waals surface area contributed by atoms with Crippen LogP contribution in [0.4, 0.5) is 0 Å². The smallest absolute Gasteiger partial charge is 0.205 e. The van der Waals surface area contributed by atoms with E-state index in [0.717, 1.165) is 58.6 Å². The van der Waals surface area contributed by atoms with Crippen molar-refractivity contribution < 1.29 is 4.79 Å². The van der Waals surface area contributed by atoms with Gasteiger partial charge in [0.15, 0.2) is 5.78 Å². The second kappa shape index (κ2) is 9.04. The maximum atomic E-state index is 12.3. The molecule has 7 heteroatoms. The fourth-order valence-electron chi connectivity index (χ4n) is 3.92. The summed E-state index contributed by atoms with van der Waals surface area (Å²) in [6, 6.07) is 16.3. The molecule has 0 aliphatic heterocycles. The Morgan fingerprint density at radius 1 is 1.06 bits per heavy atom. The number of carbonyl (C=O) groups is 1. The minimum Gasteiger partial charge on any atom is -0.294 e. The molecule has 0 saturated heterocycles. The standard InChI is InChI=1S/C24H26N6O/c1-4-5-14-30-16(2)23(17(3)31)22(27-30)15-18-10-12-19(13-11-18)20-8-6-7-9-21(20)24-25-28-29-26-24/h6-13H,4-5,14-15H2,1-3H3,(H,25,26,28,29). The largest absolute Gasteiger partial charge is 0.294 e. The topological polar surface area (TPSA) is 89.3 Å². The van der Waals surface area contributed by atoms with E-state index in [0.29, 0.717) is 12.2 Å². The molecule has 0 spiro atoms. The first-order chi connectivity index (χ1) is 15.1. The Labute approximate surface area is 181 Å². The summed E-state index contributed by atoms with van der Waals surface area (Å²) >= 11 is 0. The molecule has 0 fully saturated rings. The molecule has 2 aromatic carbocycles. The predicted octanol–water partition coefficient (Wildman–Crippen LogP) is 4.63. The number of hydrogen-bond acceptors (Lipinski definition) is 5. The highest BCUT2D eigenvalue weighted by molar-refractivity contribution is 5.96. The van der Waals surface area contributed by atoms with Crippen LogP contribution in [0.2, 0.25) is 0 Å². The fourth-order valence-corrected chi connectivity index (χ4v) is 3.92. The molecule has 0 bridgehead atoms. The molecule has 4 rings (SSSR count). The molecule has 1 N–H and O–H groups in total. The van der Waals surface area contributed by atoms with Gasteiger partial charge in [-0.3, -0.25) is 9.48 Å². The first kappa shape index (κ1) is 20.7. The second-order valence-electron chi connectivity index (χ2n) is 7.69. The fraction of sp³-hybridized carbons (Fsp3) is 0.292. The van der Waals surface area contributed by atoms with Gasteiger partial charge in [-0.05, 0) is 42.2 Å². The molecule has 31 heavy (non-hydrogen) atoms. The number of aryl methyl sites for hydroxylation is 1. The quantitative estimate of drug-likeness (QED) is 0.425. The average molecular weight is 415 g/mol. The molecule has 0 aliphatic carbocycles. The van der Waals surface area contributed by atoms with Gasteiger partial charge in [-0.2, -0.15) is 10.3 Å². The van der Waals surface area contributed by atoms with E-state index in [1.54, 1.807) is 6.92 Å². The molecule has 158 valence electrons. The number of nitrogens with one attached hydrogen (secondary N) is 1. The highest BCUT2D eigenvalue weighted by Crippen LogP contribution is 2.30. The maximum Gasteiger partial charge on any atom is 0.205 e. The number of aromatic nitrogens is 6. The molecular weight excluding hydrogens is 388 g/mol. The van der Waals surface area contributed by atoms with Crippen molar-refractivity contribution in [2.24, 2.45) is 0 Å². The highest BCUT2D eigenvalue weighted by atomic mass is 16.1. The van der Waals surface area contributed by atoms with Crippen LogP contribution >= 0.6 is 0 Å². The summed E-state index contributed by atoms with van der Waals surface area (Å²) in [6.45, 7) is 6.61. The summed E-state index contributed by atoms with van der Waals surface area (Å²) in [7, 11) is 0. The number of H-pyrrole nitrogens is 1. The van der Waals surface area contributed by atoms with E-state index in [-0.39, 0.29) is 5.78 Å². The van der Waals surface area contributed by atoms with Gasteiger partial charge in [-0.1, -0.05) is 61.9 Å². The first-order valence-electron chi connectivity index (χ1n) is 10.6. The number of benzene rings is 2. The Kier molecular flexibility index (Phi) is 6.02. The van der Waals surface area contributed by atoms with Crippen LogP contribution in [0.5, 0.6) is 0 Å². The zero-order valence-electron chi connectivity index (χ0n) is 18.1. The number of nitrogens with zero attached hydrogens (tertiary/aromatic N) is 5. The molecular formula is C24H26N6O. The lowest BCUT2D eigenvalue weighted by molar-refractivity contribution is 0.101. The van der Waals surface area contributed by atoms with E-state index in [1.807, 2.05) is 35.9 Å². The van der Waals surface area contributed by atoms with Crippen LogP contribution < -0.4 is 0 Å². The minimum absolute atomic E-state index is 0.0703. The van der Waals surface area contributed by atoms with Gasteiger partial charge in [0.1, 0.15) is 0 Å². The van der Waals surface area contributed by atoms with E-state index >= 15 is 0 Å². The monoisotopic (exact) mass is 414 g/mol. The van der Waals surface area contributed by atoms with Crippen molar-refractivity contribution in [3.8, 4) is 22.5 Å². The average Bonchev–Trinajstić information content (AvgIpc) is 3.41. The van der Waals surface area contributed by atoms with Crippen LogP contribution in [0.25, 0.3) is 22.5 Å². The van der Waals surface area contributed by atoms with Crippen LogP contribution in [0.15, 0.2) is 48.5 Å². The Morgan fingerprint density at radius 3 is 2.45 bits per heavy atom. The number of tetrazole rings is 1. The summed E-state index contributed by atoms with van der Waals surface area (Å²) in [4.78, 5) is 12.3. The second-order valence-corrected chi connectivity index (χ2v) is 7.69. The Morgan fingerprint density at radius 2 is 1.81 bits per heavy atom. The van der Waals surface area contributed by atoms with Crippen LogP contribution in [0.3, 0.4) is 0 Å². The van der Waals surface area contributed by atoms with E-state index in [1.165, 1.54) is 0 Å². The number of Topliss-reactive ketones (excluding diaryl/α,β-unsaturated/α-hetero) is 1. The molecule has 0 atom stereocenters. The summed E-state index contributed by atoms with van der Waals surface area (Å²) < 4.78 is 1.98. The number of carbonyl (C=O) groups excluding carboxylic acids is 1. The Bertz CT molecular complexity index is 1180. The van der Waals surface area contributed by atoms with Crippen LogP contribution in [-0.4, -0.2) is 36.2 Å². The zero-order chi connectivity index (χ0) is 21.8. The molecule has 0 unspecified atom stereocenters. The minimum atomic E-state index is 0.0703. The molecule has 0 saturated carbocycles. The van der Waals surface area contributed by atoms with E-state index < -0.39 is 0 Å². The third-order valence-corrected chi connectivity index (χ3v) is 5.50. The van der Waals surface area contributed by atoms with Crippen molar-refractivity contribution >= 4 is 5.78 Å². The summed E-state index contributed by atoms with van der Waals surface area (Å²) in [5.74, 6) is 0.639. The normalized spacial score (nSPS) is 11.1. The van der Waals surface area contributed by atoms with E-state index in [4.69, 9.17) is 5.10 Å². The van der Waals surface area contributed by atoms with E-state index in [9.17, 15) is 4.79 Å². The highest BCUT2D eigenvalue weighted by Gasteiger charge is 2.18. The molecule has 2 aromatic heterocycles. The van der Waals surface area contributed by atoms with Crippen molar-refractivity contribution in [1.29, 1.82) is 0 Å². The molecule has 0 amide bonds. The van der Waals surface area contributed by atoms with Gasteiger partial charge >= 0.3 is 0 Å². The molecule has 0 radical (unpaired) electrons. The van der Waals surface area contributed by atoms with Gasteiger partial charge < -0.3 is 0 Å². The number of ketones is 1. The first-order valence-corrected chi connectivity index (χ1v) is 10.6. The van der Waals surface area contributed by atoms with Crippen molar-refractivity contribution in [2.75, 3.05) is 0 Å². The van der Waals surface area contributed by atoms with Crippen LogP contribution in [0.1, 0.15) is 54.0 Å². The maximum absolute atomic E-state index is 12.3. The zero-order valence-corrected chi connectivity index (χ0v) is 18.1. The van der Waals surface area contributed by atoms with Gasteiger partial charge in [-0.25, -0.2) is 0 Å². The molecule has 2 heterocycles. The Balaban J connectivity index is 1.62. The van der Waals surface area contributed by atoms with Gasteiger partial charge in [0.05, 0.1) is 11.3 Å². The third kappa shape index (κ3) is 4.30. The van der Waals surface area contributed by atoms with Crippen LogP contribution in [0, 0.1) is 6.92 Å². The molecule has 7 nitrogen and oxygen atoms in total. The van der Waals surface area contributed by atoms with Crippen molar-refractivity contribution in [3.05, 3.63) is 71.0 Å². The summed E-state index contributed by atoms with van der Waals surface area (Å²) in [5, 5.41) is 19.2. The number of rotatable bonds is 8. The van der Waals surface area contributed by atoms with Crippen molar-refractivity contribution in [1.82, 2.24) is 30.4 Å². The number of aromatic amines is 1. The third-order valence-electron chi connectivity index (χ3n) is 5.50. The summed E-state index contributed by atoms with van der Waals surface area (Å²) in [5.41, 5.74) is 6.71. The molecule has 0 aliphatic rings.